The fourth-order valence-corrected chi connectivity index (χ4v) is 5.56. The highest BCUT2D eigenvalue weighted by Crippen LogP contribution is 2.43. The molecule has 290 valence electrons. The molecule has 0 aromatic heterocycles. The van der Waals surface area contributed by atoms with Gasteiger partial charge in [-0.2, -0.15) is 0 Å². The highest BCUT2D eigenvalue weighted by Gasteiger charge is 2.28. The first-order valence-electron chi connectivity index (χ1n) is 19.0. The third kappa shape index (κ3) is 32.9. The van der Waals surface area contributed by atoms with Crippen molar-refractivity contribution in [1.82, 2.24) is 0 Å². The Morgan fingerprint density at radius 2 is 1.08 bits per heavy atom. The van der Waals surface area contributed by atoms with Gasteiger partial charge in [-0.25, -0.2) is 4.57 Å². The van der Waals surface area contributed by atoms with E-state index in [-0.39, 0.29) is 19.4 Å². The number of hydrogen-bond donors (Lipinski definition) is 3. The van der Waals surface area contributed by atoms with Gasteiger partial charge in [0.1, 0.15) is 12.6 Å². The lowest BCUT2D eigenvalue weighted by molar-refractivity contribution is -0.161. The lowest BCUT2D eigenvalue weighted by atomic mass is 10.1. The maximum atomic E-state index is 12.5. The van der Waals surface area contributed by atoms with Crippen molar-refractivity contribution in [3.63, 3.8) is 0 Å². The number of aliphatic carboxylic acids is 1. The quantitative estimate of drug-likeness (QED) is 0.0246. The van der Waals surface area contributed by atoms with Crippen LogP contribution < -0.4 is 5.73 Å². The number of carboxylic acid groups (broad SMARTS) is 1. The van der Waals surface area contributed by atoms with Crippen molar-refractivity contribution in [2.45, 2.75) is 167 Å². The van der Waals surface area contributed by atoms with Crippen LogP contribution in [0.3, 0.4) is 0 Å². The van der Waals surface area contributed by atoms with Crippen LogP contribution in [0.15, 0.2) is 36.5 Å². The maximum Gasteiger partial charge on any atom is 0.472 e. The highest BCUT2D eigenvalue weighted by molar-refractivity contribution is 7.47. The van der Waals surface area contributed by atoms with Crippen molar-refractivity contribution in [2.75, 3.05) is 19.8 Å². The predicted molar refractivity (Wildman–Crippen MR) is 199 cm³/mol. The number of rotatable bonds is 35. The van der Waals surface area contributed by atoms with Crippen LogP contribution in [-0.2, 0) is 37.5 Å². The molecular formula is C38H68NO10P. The fourth-order valence-electron chi connectivity index (χ4n) is 4.78. The van der Waals surface area contributed by atoms with E-state index in [0.717, 1.165) is 83.5 Å². The zero-order chi connectivity index (χ0) is 37.1. The Balaban J connectivity index is 4.49. The molecule has 0 aliphatic carbocycles. The van der Waals surface area contributed by atoms with E-state index >= 15 is 0 Å². The first kappa shape index (κ1) is 47.7. The number of phosphoric ester groups is 1. The van der Waals surface area contributed by atoms with E-state index in [9.17, 15) is 23.8 Å². The van der Waals surface area contributed by atoms with E-state index in [2.05, 4.69) is 54.8 Å². The molecule has 0 radical (unpaired) electrons. The molecule has 0 saturated heterocycles. The number of nitrogens with two attached hydrogens (primary N) is 1. The molecule has 0 amide bonds. The normalized spacial score (nSPS) is 14.3. The molecule has 12 heteroatoms. The molecule has 0 aliphatic rings. The molecule has 0 saturated carbocycles. The lowest BCUT2D eigenvalue weighted by Crippen LogP contribution is -2.34. The van der Waals surface area contributed by atoms with Crippen LogP contribution in [0.5, 0.6) is 0 Å². The topological polar surface area (TPSA) is 172 Å². The zero-order valence-electron chi connectivity index (χ0n) is 31.0. The van der Waals surface area contributed by atoms with Gasteiger partial charge in [0.2, 0.25) is 0 Å². The number of unbranched alkanes of at least 4 members (excludes halogenated alkanes) is 15. The highest BCUT2D eigenvalue weighted by atomic mass is 31.2. The van der Waals surface area contributed by atoms with E-state index in [0.29, 0.717) is 12.8 Å². The number of hydrogen-bond acceptors (Lipinski definition) is 9. The number of esters is 2. The third-order valence-electron chi connectivity index (χ3n) is 7.86. The van der Waals surface area contributed by atoms with Gasteiger partial charge in [0.25, 0.3) is 0 Å². The summed E-state index contributed by atoms with van der Waals surface area (Å²) in [6.07, 6.45) is 33.6. The van der Waals surface area contributed by atoms with Crippen molar-refractivity contribution >= 4 is 25.7 Å². The first-order chi connectivity index (χ1) is 24.1. The Morgan fingerprint density at radius 3 is 1.64 bits per heavy atom. The number of carbonyl (C=O) groups is 3. The summed E-state index contributed by atoms with van der Waals surface area (Å²) >= 11 is 0. The molecule has 50 heavy (non-hydrogen) atoms. The minimum absolute atomic E-state index is 0.143. The van der Waals surface area contributed by atoms with E-state index < -0.39 is 51.1 Å². The van der Waals surface area contributed by atoms with E-state index in [4.69, 9.17) is 24.8 Å². The van der Waals surface area contributed by atoms with Crippen LogP contribution in [0.4, 0.5) is 0 Å². The third-order valence-corrected chi connectivity index (χ3v) is 8.81. The number of ether oxygens (including phenoxy) is 2. The van der Waals surface area contributed by atoms with E-state index in [1.165, 1.54) is 32.1 Å². The van der Waals surface area contributed by atoms with Gasteiger partial charge in [-0.1, -0.05) is 115 Å². The summed E-state index contributed by atoms with van der Waals surface area (Å²) in [5, 5.41) is 8.85. The van der Waals surface area contributed by atoms with Gasteiger partial charge in [0.05, 0.1) is 13.2 Å². The van der Waals surface area contributed by atoms with Gasteiger partial charge in [-0.3, -0.25) is 23.4 Å². The smallest absolute Gasteiger partial charge is 0.472 e. The fraction of sp³-hybridized carbons (Fsp3) is 0.763. The van der Waals surface area contributed by atoms with Crippen molar-refractivity contribution < 1.29 is 47.5 Å². The van der Waals surface area contributed by atoms with Gasteiger partial charge < -0.3 is 25.2 Å². The summed E-state index contributed by atoms with van der Waals surface area (Å²) in [4.78, 5) is 45.7. The summed E-state index contributed by atoms with van der Waals surface area (Å²) in [5.74, 6) is -2.41. The van der Waals surface area contributed by atoms with Gasteiger partial charge in [0, 0.05) is 12.8 Å². The second-order valence-electron chi connectivity index (χ2n) is 12.7. The molecule has 0 bridgehead atoms. The largest absolute Gasteiger partial charge is 0.480 e. The SMILES string of the molecule is CCCC/C=C\C/C=C\CCCCCCCC(=O)O[C@H](COC(=O)CCCCCCC/C=C\CCCCC)COP(=O)(O)OC[C@H](N)C(=O)O. The average molecular weight is 730 g/mol. The summed E-state index contributed by atoms with van der Waals surface area (Å²) < 4.78 is 32.5. The summed E-state index contributed by atoms with van der Waals surface area (Å²) in [5.41, 5.74) is 5.31. The van der Waals surface area contributed by atoms with E-state index in [1.807, 2.05) is 0 Å². The molecule has 0 spiro atoms. The molecule has 0 fully saturated rings. The molecule has 0 heterocycles. The number of carbonyl (C=O) groups excluding carboxylic acids is 2. The molecule has 4 N–H and O–H groups in total. The number of carboxylic acids is 1. The Labute approximate surface area is 302 Å². The molecule has 11 nitrogen and oxygen atoms in total. The second-order valence-corrected chi connectivity index (χ2v) is 14.2. The summed E-state index contributed by atoms with van der Waals surface area (Å²) in [6.45, 7) is 2.69. The van der Waals surface area contributed by atoms with Crippen LogP contribution in [0.1, 0.15) is 155 Å². The minimum atomic E-state index is -4.71. The lowest BCUT2D eigenvalue weighted by Gasteiger charge is -2.20. The number of allylic oxidation sites excluding steroid dienone is 6. The van der Waals surface area contributed by atoms with Crippen molar-refractivity contribution in [3.8, 4) is 0 Å². The molecule has 1 unspecified atom stereocenters. The maximum absolute atomic E-state index is 12.5. The van der Waals surface area contributed by atoms with Gasteiger partial charge in [-0.05, 0) is 64.2 Å². The van der Waals surface area contributed by atoms with Crippen LogP contribution in [0.25, 0.3) is 0 Å². The summed E-state index contributed by atoms with van der Waals surface area (Å²) in [7, 11) is -4.71. The van der Waals surface area contributed by atoms with E-state index in [1.54, 1.807) is 0 Å². The van der Waals surface area contributed by atoms with Crippen molar-refractivity contribution in [1.29, 1.82) is 0 Å². The monoisotopic (exact) mass is 729 g/mol. The Hall–Kier alpha value is -2.30. The van der Waals surface area contributed by atoms with Gasteiger partial charge in [-0.15, -0.1) is 0 Å². The van der Waals surface area contributed by atoms with Crippen LogP contribution in [0.2, 0.25) is 0 Å². The van der Waals surface area contributed by atoms with Crippen LogP contribution in [0, 0.1) is 0 Å². The van der Waals surface area contributed by atoms with Crippen LogP contribution in [-0.4, -0.2) is 59.9 Å². The van der Waals surface area contributed by atoms with Gasteiger partial charge >= 0.3 is 25.7 Å². The Morgan fingerprint density at radius 1 is 0.620 bits per heavy atom. The standard InChI is InChI=1S/C38H68NO10P/c1-3-5-7-9-11-13-15-17-18-20-22-24-26-28-30-37(41)49-34(32-47-50(44,45)48-33-35(39)38(42)43)31-46-36(40)29-27-25-23-21-19-16-14-12-10-8-6-4-2/h9,11-12,14-15,17,34-35H,3-8,10,13,16,18-33,39H2,1-2H3,(H,42,43)(H,44,45)/b11-9-,14-12-,17-15-/t34-,35+/m1/s1. The second kappa shape index (κ2) is 33.8. The Kier molecular flexibility index (Phi) is 32.3. The van der Waals surface area contributed by atoms with Crippen molar-refractivity contribution in [2.24, 2.45) is 5.73 Å². The average Bonchev–Trinajstić information content (AvgIpc) is 3.09. The summed E-state index contributed by atoms with van der Waals surface area (Å²) in [6, 6.07) is -1.52. The molecule has 0 aromatic rings. The first-order valence-corrected chi connectivity index (χ1v) is 20.5. The van der Waals surface area contributed by atoms with Crippen molar-refractivity contribution in [3.05, 3.63) is 36.5 Å². The number of phosphoric acid groups is 1. The zero-order valence-corrected chi connectivity index (χ0v) is 31.9. The Bertz CT molecular complexity index is 1000. The molecular weight excluding hydrogens is 661 g/mol. The molecule has 0 rings (SSSR count). The molecule has 0 aromatic carbocycles. The molecule has 0 aliphatic heterocycles. The van der Waals surface area contributed by atoms with Gasteiger partial charge in [0.15, 0.2) is 6.10 Å². The molecule has 3 atom stereocenters. The minimum Gasteiger partial charge on any atom is -0.480 e. The van der Waals surface area contributed by atoms with Crippen LogP contribution >= 0.6 is 7.82 Å². The predicted octanol–water partition coefficient (Wildman–Crippen LogP) is 9.28.